The van der Waals surface area contributed by atoms with Crippen molar-refractivity contribution in [2.45, 2.75) is 13.0 Å². The van der Waals surface area contributed by atoms with Crippen molar-refractivity contribution >= 4 is 5.91 Å². The Hall–Kier alpha value is -0.570. The fourth-order valence-corrected chi connectivity index (χ4v) is 0.131. The van der Waals surface area contributed by atoms with E-state index in [0.29, 0.717) is 0 Å². The Balaban J connectivity index is 3.34. The molecule has 1 radical (unpaired) electrons. The van der Waals surface area contributed by atoms with Crippen LogP contribution in [-0.2, 0) is 4.79 Å². The second kappa shape index (κ2) is 2.58. The van der Waals surface area contributed by atoms with Gasteiger partial charge in [-0.3, -0.25) is 10.5 Å². The monoisotopic (exact) mass is 101 g/mol. The highest BCUT2D eigenvalue weighted by Gasteiger charge is 2.02. The number of rotatable bonds is 2. The molecule has 0 aromatic heterocycles. The lowest BCUT2D eigenvalue weighted by atomic mass is 10.3. The van der Waals surface area contributed by atoms with Gasteiger partial charge in [0.2, 0.25) is 0 Å². The average molecular weight is 101 g/mol. The first-order chi connectivity index (χ1) is 3.18. The molecule has 0 rings (SSSR count). The Morgan fingerprint density at radius 1 is 1.86 bits per heavy atom. The van der Waals surface area contributed by atoms with E-state index in [1.54, 1.807) is 14.0 Å². The fraction of sp³-hybridized carbons (Fsp3) is 0.750. The van der Waals surface area contributed by atoms with Crippen LogP contribution in [0.2, 0.25) is 0 Å². The van der Waals surface area contributed by atoms with E-state index >= 15 is 0 Å². The molecule has 0 aromatic carbocycles. The van der Waals surface area contributed by atoms with E-state index in [2.05, 4.69) is 5.32 Å². The molecule has 0 aliphatic heterocycles. The first kappa shape index (κ1) is 6.43. The van der Waals surface area contributed by atoms with Gasteiger partial charge in [-0.25, -0.2) is 0 Å². The van der Waals surface area contributed by atoms with E-state index in [0.717, 1.165) is 0 Å². The third kappa shape index (κ3) is 2.17. The minimum atomic E-state index is -0.567. The molecule has 3 heteroatoms. The van der Waals surface area contributed by atoms with E-state index in [1.165, 1.54) is 0 Å². The maximum absolute atomic E-state index is 9.98. The van der Waals surface area contributed by atoms with E-state index < -0.39 is 5.91 Å². The summed E-state index contributed by atoms with van der Waals surface area (Å²) in [6.45, 7) is 1.65. The number of hydrogen-bond donors (Lipinski definition) is 1. The minimum absolute atomic E-state index is 0.319. The molecule has 1 amide bonds. The lowest BCUT2D eigenvalue weighted by Gasteiger charge is -1.99. The molecular formula is C4H9N2O. The summed E-state index contributed by atoms with van der Waals surface area (Å²) in [6, 6.07) is -0.319. The van der Waals surface area contributed by atoms with Crippen molar-refractivity contribution in [2.75, 3.05) is 7.05 Å². The van der Waals surface area contributed by atoms with Crippen LogP contribution in [-0.4, -0.2) is 19.0 Å². The summed E-state index contributed by atoms with van der Waals surface area (Å²) >= 11 is 0. The van der Waals surface area contributed by atoms with Crippen molar-refractivity contribution in [3.63, 3.8) is 0 Å². The predicted molar refractivity (Wildman–Crippen MR) is 26.6 cm³/mol. The van der Waals surface area contributed by atoms with E-state index in [-0.39, 0.29) is 6.04 Å². The van der Waals surface area contributed by atoms with Crippen molar-refractivity contribution in [1.82, 2.24) is 11.1 Å². The number of likely N-dealkylation sites (N-methyl/N-ethyl adjacent to an activating group) is 1. The number of hydrogen-bond acceptors (Lipinski definition) is 2. The zero-order valence-corrected chi connectivity index (χ0v) is 4.49. The summed E-state index contributed by atoms with van der Waals surface area (Å²) in [5.41, 5.74) is 6.48. The highest BCUT2D eigenvalue weighted by molar-refractivity contribution is 5.78. The molecule has 1 atom stereocenters. The number of carbonyl (C=O) groups is 1. The van der Waals surface area contributed by atoms with Crippen molar-refractivity contribution < 1.29 is 4.79 Å². The van der Waals surface area contributed by atoms with Crippen LogP contribution in [0.5, 0.6) is 0 Å². The van der Waals surface area contributed by atoms with Gasteiger partial charge in [-0.1, -0.05) is 0 Å². The predicted octanol–water partition coefficient (Wildman–Crippen LogP) is -0.596. The van der Waals surface area contributed by atoms with Crippen LogP contribution >= 0.6 is 0 Å². The summed E-state index contributed by atoms with van der Waals surface area (Å²) in [4.78, 5) is 9.98. The molecule has 0 fully saturated rings. The van der Waals surface area contributed by atoms with Gasteiger partial charge in [0.1, 0.15) is 0 Å². The minimum Gasteiger partial charge on any atom is -0.309 e. The van der Waals surface area contributed by atoms with Gasteiger partial charge < -0.3 is 5.32 Å². The smallest absolute Gasteiger partial charge is 0.255 e. The molecule has 41 valence electrons. The first-order valence-electron chi connectivity index (χ1n) is 2.11. The molecule has 0 aromatic rings. The third-order valence-corrected chi connectivity index (χ3v) is 0.826. The van der Waals surface area contributed by atoms with Crippen LogP contribution in [0.4, 0.5) is 0 Å². The maximum atomic E-state index is 9.98. The highest BCUT2D eigenvalue weighted by Crippen LogP contribution is 1.73. The maximum Gasteiger partial charge on any atom is 0.255 e. The lowest BCUT2D eigenvalue weighted by Crippen LogP contribution is -2.31. The molecule has 0 aliphatic carbocycles. The van der Waals surface area contributed by atoms with Crippen LogP contribution < -0.4 is 11.1 Å². The van der Waals surface area contributed by atoms with E-state index in [4.69, 9.17) is 5.73 Å². The molecule has 2 N–H and O–H groups in total. The zero-order valence-electron chi connectivity index (χ0n) is 4.49. The largest absolute Gasteiger partial charge is 0.309 e. The van der Waals surface area contributed by atoms with Crippen LogP contribution in [0.3, 0.4) is 0 Å². The second-order valence-electron chi connectivity index (χ2n) is 1.37. The SMILES string of the molecule is CN[C@@H](C)C([NH])=O. The van der Waals surface area contributed by atoms with Gasteiger partial charge in [-0.05, 0) is 14.0 Å². The van der Waals surface area contributed by atoms with Crippen molar-refractivity contribution in [3.05, 3.63) is 0 Å². The summed E-state index contributed by atoms with van der Waals surface area (Å²) in [6.07, 6.45) is 0. The van der Waals surface area contributed by atoms with Crippen LogP contribution in [0.25, 0.3) is 0 Å². The molecule has 3 nitrogen and oxygen atoms in total. The van der Waals surface area contributed by atoms with Crippen LogP contribution in [0, 0.1) is 0 Å². The van der Waals surface area contributed by atoms with E-state index in [1.807, 2.05) is 0 Å². The fourth-order valence-electron chi connectivity index (χ4n) is 0.131. The third-order valence-electron chi connectivity index (χ3n) is 0.826. The quantitative estimate of drug-likeness (QED) is 0.505. The number of nitrogens with one attached hydrogen (secondary N) is 2. The lowest BCUT2D eigenvalue weighted by molar-refractivity contribution is -0.120. The molecule has 0 bridgehead atoms. The number of carbonyl (C=O) groups excluding carboxylic acids is 1. The standard InChI is InChI=1S/C4H9N2O/c1-3(6-2)4(5)7/h3,5-6H,1-2H3/t3-/m0/s1. The molecule has 0 saturated carbocycles. The van der Waals surface area contributed by atoms with Gasteiger partial charge in [0.15, 0.2) is 0 Å². The molecular weight excluding hydrogens is 92.1 g/mol. The first-order valence-corrected chi connectivity index (χ1v) is 2.11. The topological polar surface area (TPSA) is 52.9 Å². The molecule has 0 aliphatic rings. The average Bonchev–Trinajstić information content (AvgIpc) is 1.65. The van der Waals surface area contributed by atoms with Crippen LogP contribution in [0.15, 0.2) is 0 Å². The Morgan fingerprint density at radius 3 is 2.29 bits per heavy atom. The van der Waals surface area contributed by atoms with Crippen molar-refractivity contribution in [2.24, 2.45) is 0 Å². The van der Waals surface area contributed by atoms with Gasteiger partial charge in [0.25, 0.3) is 5.91 Å². The van der Waals surface area contributed by atoms with Gasteiger partial charge in [-0.2, -0.15) is 0 Å². The second-order valence-corrected chi connectivity index (χ2v) is 1.37. The molecule has 7 heavy (non-hydrogen) atoms. The molecule has 0 saturated heterocycles. The summed E-state index contributed by atoms with van der Waals surface area (Å²) in [7, 11) is 1.65. The Labute approximate surface area is 42.9 Å². The Morgan fingerprint density at radius 2 is 2.29 bits per heavy atom. The van der Waals surface area contributed by atoms with Crippen molar-refractivity contribution in [1.29, 1.82) is 0 Å². The highest BCUT2D eigenvalue weighted by atomic mass is 16.1. The zero-order chi connectivity index (χ0) is 5.86. The number of amides is 1. The van der Waals surface area contributed by atoms with Crippen LogP contribution in [0.1, 0.15) is 6.92 Å². The summed E-state index contributed by atoms with van der Waals surface area (Å²) in [5.74, 6) is -0.567. The van der Waals surface area contributed by atoms with Gasteiger partial charge in [0, 0.05) is 0 Å². The molecule has 0 spiro atoms. The summed E-state index contributed by atoms with van der Waals surface area (Å²) < 4.78 is 0. The van der Waals surface area contributed by atoms with Gasteiger partial charge >= 0.3 is 0 Å². The summed E-state index contributed by atoms with van der Waals surface area (Å²) in [5, 5.41) is 2.63. The Bertz CT molecular complexity index is 72.1. The molecule has 0 unspecified atom stereocenters. The normalized spacial score (nSPS) is 13.4. The molecule has 0 heterocycles. The van der Waals surface area contributed by atoms with E-state index in [9.17, 15) is 4.79 Å². The van der Waals surface area contributed by atoms with Crippen molar-refractivity contribution in [3.8, 4) is 0 Å². The van der Waals surface area contributed by atoms with Gasteiger partial charge in [0.05, 0.1) is 6.04 Å². The van der Waals surface area contributed by atoms with Gasteiger partial charge in [-0.15, -0.1) is 0 Å². The Kier molecular flexibility index (Phi) is 2.37.